The lowest BCUT2D eigenvalue weighted by molar-refractivity contribution is 0.413. The molecule has 2 aromatic heterocycles. The van der Waals surface area contributed by atoms with Crippen LogP contribution in [0.5, 0.6) is 5.75 Å². The second kappa shape index (κ2) is 9.42. The predicted molar refractivity (Wildman–Crippen MR) is 141 cm³/mol. The number of hydrogen-bond donors (Lipinski definition) is 2. The Morgan fingerprint density at radius 1 is 1.11 bits per heavy atom. The van der Waals surface area contributed by atoms with E-state index in [4.69, 9.17) is 15.5 Å². The van der Waals surface area contributed by atoms with Crippen LogP contribution in [-0.2, 0) is 0 Å². The maximum absolute atomic E-state index is 6.41. The topological polar surface area (TPSA) is 97.4 Å². The molecule has 9 heteroatoms. The summed E-state index contributed by atoms with van der Waals surface area (Å²) in [6.45, 7) is 1.77. The fourth-order valence-corrected chi connectivity index (χ4v) is 4.21. The Hall–Kier alpha value is -3.85. The van der Waals surface area contributed by atoms with E-state index in [1.165, 1.54) is 18.4 Å². The third kappa shape index (κ3) is 4.85. The lowest BCUT2D eigenvalue weighted by Crippen LogP contribution is -2.29. The van der Waals surface area contributed by atoms with Gasteiger partial charge in [0.1, 0.15) is 5.75 Å². The molecule has 5 rings (SSSR count). The van der Waals surface area contributed by atoms with Crippen molar-refractivity contribution in [3.8, 4) is 11.6 Å². The number of ether oxygens (including phenoxy) is 1. The van der Waals surface area contributed by atoms with Crippen LogP contribution in [0.3, 0.4) is 0 Å². The van der Waals surface area contributed by atoms with E-state index in [9.17, 15) is 0 Å². The predicted octanol–water partition coefficient (Wildman–Crippen LogP) is 4.03. The number of rotatable bonds is 9. The molecule has 2 aromatic carbocycles. The van der Waals surface area contributed by atoms with E-state index in [2.05, 4.69) is 57.5 Å². The summed E-state index contributed by atoms with van der Waals surface area (Å²) in [4.78, 5) is 13.4. The maximum Gasteiger partial charge on any atom is 0.229 e. The molecule has 35 heavy (non-hydrogen) atoms. The maximum atomic E-state index is 6.41. The normalized spacial score (nSPS) is 13.4. The van der Waals surface area contributed by atoms with Crippen LogP contribution in [0.4, 0.5) is 23.0 Å². The van der Waals surface area contributed by atoms with Gasteiger partial charge in [-0.3, -0.25) is 0 Å². The first-order chi connectivity index (χ1) is 16.9. The zero-order valence-corrected chi connectivity index (χ0v) is 20.7. The number of nitrogen functional groups attached to an aromatic ring is 1. The molecular formula is C26H32N8O. The number of anilines is 4. The first-order valence-electron chi connectivity index (χ1n) is 11.8. The van der Waals surface area contributed by atoms with Gasteiger partial charge < -0.3 is 25.6 Å². The summed E-state index contributed by atoms with van der Waals surface area (Å²) in [5.41, 5.74) is 11.1. The molecule has 9 nitrogen and oxygen atoms in total. The molecule has 1 fully saturated rings. The minimum absolute atomic E-state index is 0.437. The zero-order chi connectivity index (χ0) is 24.5. The highest BCUT2D eigenvalue weighted by molar-refractivity contribution is 5.81. The van der Waals surface area contributed by atoms with Crippen molar-refractivity contribution in [2.45, 2.75) is 18.8 Å². The highest BCUT2D eigenvalue weighted by Gasteiger charge is 2.24. The molecule has 0 unspecified atom stereocenters. The fourth-order valence-electron chi connectivity index (χ4n) is 4.21. The molecule has 0 bridgehead atoms. The summed E-state index contributed by atoms with van der Waals surface area (Å²) in [6, 6.07) is 12.2. The lowest BCUT2D eigenvalue weighted by Gasteiger charge is -2.24. The number of benzene rings is 2. The van der Waals surface area contributed by atoms with Gasteiger partial charge in [0.25, 0.3) is 0 Å². The Bertz CT molecular complexity index is 1340. The quantitative estimate of drug-likeness (QED) is 0.353. The van der Waals surface area contributed by atoms with Gasteiger partial charge >= 0.3 is 0 Å². The number of aromatic nitrogens is 4. The van der Waals surface area contributed by atoms with E-state index in [0.29, 0.717) is 34.8 Å². The van der Waals surface area contributed by atoms with Gasteiger partial charge in [0.15, 0.2) is 5.82 Å². The van der Waals surface area contributed by atoms with Crippen LogP contribution in [-0.4, -0.2) is 66.0 Å². The first kappa shape index (κ1) is 22.9. The van der Waals surface area contributed by atoms with Gasteiger partial charge in [-0.25, -0.2) is 9.67 Å². The molecule has 1 aliphatic carbocycles. The van der Waals surface area contributed by atoms with Crippen LogP contribution >= 0.6 is 0 Å². The molecule has 0 amide bonds. The van der Waals surface area contributed by atoms with Crippen LogP contribution < -0.4 is 20.7 Å². The Balaban J connectivity index is 1.40. The fraction of sp³-hybridized carbons (Fsp3) is 0.346. The molecule has 0 spiro atoms. The highest BCUT2D eigenvalue weighted by Crippen LogP contribution is 2.41. The molecular weight excluding hydrogens is 440 g/mol. The van der Waals surface area contributed by atoms with E-state index in [1.54, 1.807) is 13.3 Å². The molecule has 4 aromatic rings. The standard InChI is InChI=1S/C26H32N8O/c1-32(2)11-12-33(3)23-15-24(35-4)21(14-20(23)27)30-26-28-10-9-25(31-26)34-22-8-7-18(17-5-6-17)13-19(22)16-29-34/h7-10,13-17H,5-6,11-12,27H2,1-4H3,(H,28,30,31). The van der Waals surface area contributed by atoms with Crippen LogP contribution in [0, 0.1) is 0 Å². The summed E-state index contributed by atoms with van der Waals surface area (Å²) in [6.07, 6.45) is 6.17. The van der Waals surface area contributed by atoms with Gasteiger partial charge in [-0.15, -0.1) is 0 Å². The van der Waals surface area contributed by atoms with E-state index in [-0.39, 0.29) is 0 Å². The minimum atomic E-state index is 0.437. The van der Waals surface area contributed by atoms with Gasteiger partial charge in [0.2, 0.25) is 5.95 Å². The molecule has 3 N–H and O–H groups in total. The molecule has 0 radical (unpaired) electrons. The van der Waals surface area contributed by atoms with Crippen molar-refractivity contribution in [2.24, 2.45) is 0 Å². The molecule has 1 aliphatic rings. The number of nitrogens with zero attached hydrogens (tertiary/aromatic N) is 6. The number of methoxy groups -OCH3 is 1. The summed E-state index contributed by atoms with van der Waals surface area (Å²) in [5, 5.41) is 8.97. The number of likely N-dealkylation sites (N-methyl/N-ethyl adjacent to an activating group) is 2. The Labute approximate surface area is 205 Å². The van der Waals surface area contributed by atoms with Crippen LogP contribution in [0.2, 0.25) is 0 Å². The highest BCUT2D eigenvalue weighted by atomic mass is 16.5. The van der Waals surface area contributed by atoms with E-state index in [1.807, 2.05) is 36.1 Å². The second-order valence-corrected chi connectivity index (χ2v) is 9.35. The summed E-state index contributed by atoms with van der Waals surface area (Å²) in [7, 11) is 7.77. The van der Waals surface area contributed by atoms with Crippen molar-refractivity contribution in [3.05, 3.63) is 54.4 Å². The van der Waals surface area contributed by atoms with E-state index in [0.717, 1.165) is 29.7 Å². The molecule has 182 valence electrons. The number of nitrogens with two attached hydrogens (primary N) is 1. The molecule has 1 saturated carbocycles. The van der Waals surface area contributed by atoms with Crippen LogP contribution in [0.15, 0.2) is 48.8 Å². The largest absolute Gasteiger partial charge is 0.494 e. The molecule has 2 heterocycles. The summed E-state index contributed by atoms with van der Waals surface area (Å²) < 4.78 is 7.50. The van der Waals surface area contributed by atoms with E-state index >= 15 is 0 Å². The number of nitrogens with one attached hydrogen (secondary N) is 1. The van der Waals surface area contributed by atoms with Crippen molar-refractivity contribution in [2.75, 3.05) is 57.3 Å². The lowest BCUT2D eigenvalue weighted by atomic mass is 10.1. The smallest absolute Gasteiger partial charge is 0.229 e. The first-order valence-corrected chi connectivity index (χ1v) is 11.8. The van der Waals surface area contributed by atoms with Gasteiger partial charge in [-0.05, 0) is 56.6 Å². The van der Waals surface area contributed by atoms with Crippen molar-refractivity contribution in [3.63, 3.8) is 0 Å². The number of hydrogen-bond acceptors (Lipinski definition) is 8. The van der Waals surface area contributed by atoms with Gasteiger partial charge in [0.05, 0.1) is 35.9 Å². The van der Waals surface area contributed by atoms with Crippen molar-refractivity contribution >= 4 is 33.9 Å². The van der Waals surface area contributed by atoms with Gasteiger partial charge in [0, 0.05) is 43.9 Å². The summed E-state index contributed by atoms with van der Waals surface area (Å²) >= 11 is 0. The Kier molecular flexibility index (Phi) is 6.17. The molecule has 0 saturated heterocycles. The molecule has 0 atom stereocenters. The van der Waals surface area contributed by atoms with Crippen molar-refractivity contribution < 1.29 is 4.74 Å². The zero-order valence-electron chi connectivity index (χ0n) is 20.7. The molecule has 0 aliphatic heterocycles. The number of fused-ring (bicyclic) bond motifs is 1. The SMILES string of the molecule is COc1cc(N(C)CCN(C)C)c(N)cc1Nc1nccc(-n2ncc3cc(C4CC4)ccc32)n1. The third-order valence-corrected chi connectivity index (χ3v) is 6.39. The monoisotopic (exact) mass is 472 g/mol. The van der Waals surface area contributed by atoms with Crippen LogP contribution in [0.1, 0.15) is 24.3 Å². The average molecular weight is 473 g/mol. The Morgan fingerprint density at radius 3 is 2.69 bits per heavy atom. The van der Waals surface area contributed by atoms with Crippen molar-refractivity contribution in [1.29, 1.82) is 0 Å². The average Bonchev–Trinajstić information content (AvgIpc) is 3.62. The van der Waals surface area contributed by atoms with Gasteiger partial charge in [-0.1, -0.05) is 6.07 Å². The van der Waals surface area contributed by atoms with Crippen LogP contribution in [0.25, 0.3) is 16.7 Å². The van der Waals surface area contributed by atoms with Crippen molar-refractivity contribution in [1.82, 2.24) is 24.6 Å². The second-order valence-electron chi connectivity index (χ2n) is 9.35. The minimum Gasteiger partial charge on any atom is -0.494 e. The van der Waals surface area contributed by atoms with Gasteiger partial charge in [-0.2, -0.15) is 10.1 Å². The third-order valence-electron chi connectivity index (χ3n) is 6.39. The summed E-state index contributed by atoms with van der Waals surface area (Å²) in [5.74, 6) is 2.49. The van der Waals surface area contributed by atoms with E-state index < -0.39 is 0 Å². The Morgan fingerprint density at radius 2 is 1.94 bits per heavy atom.